The molecule has 2 aliphatic rings. The van der Waals surface area contributed by atoms with Gasteiger partial charge in [0.1, 0.15) is 5.75 Å². The number of methoxy groups -OCH3 is 1. The number of morpholine rings is 1. The van der Waals surface area contributed by atoms with Crippen molar-refractivity contribution in [2.45, 2.75) is 38.4 Å². The van der Waals surface area contributed by atoms with Crippen molar-refractivity contribution >= 4 is 16.7 Å². The van der Waals surface area contributed by atoms with Gasteiger partial charge in [-0.25, -0.2) is 0 Å². The second kappa shape index (κ2) is 12.5. The van der Waals surface area contributed by atoms with E-state index < -0.39 is 0 Å². The predicted molar refractivity (Wildman–Crippen MR) is 148 cm³/mol. The molecular weight excluding hydrogens is 462 g/mol. The van der Waals surface area contributed by atoms with Crippen LogP contribution in [0.4, 0.5) is 0 Å². The first kappa shape index (κ1) is 25.7. The maximum Gasteiger partial charge on any atom is 0.220 e. The molecule has 2 heterocycles. The Hall–Kier alpha value is -2.93. The summed E-state index contributed by atoms with van der Waals surface area (Å²) >= 11 is 0. The van der Waals surface area contributed by atoms with Gasteiger partial charge in [0.05, 0.1) is 20.3 Å². The normalized spacial score (nSPS) is 21.1. The smallest absolute Gasteiger partial charge is 0.220 e. The second-order valence-electron chi connectivity index (χ2n) is 10.3. The van der Waals surface area contributed by atoms with Crippen LogP contribution in [0.5, 0.6) is 5.75 Å². The van der Waals surface area contributed by atoms with Crippen molar-refractivity contribution in [3.05, 3.63) is 77.9 Å². The Bertz CT molecular complexity index is 1180. The molecular formula is C31H39N3O3. The van der Waals surface area contributed by atoms with Gasteiger partial charge in [0.2, 0.25) is 5.91 Å². The molecule has 2 saturated heterocycles. The molecule has 37 heavy (non-hydrogen) atoms. The highest BCUT2D eigenvalue weighted by atomic mass is 16.5. The van der Waals surface area contributed by atoms with Crippen LogP contribution in [0.25, 0.3) is 10.8 Å². The zero-order valence-electron chi connectivity index (χ0n) is 21.9. The molecule has 3 aromatic rings. The molecule has 0 unspecified atom stereocenters. The molecule has 3 aromatic carbocycles. The lowest BCUT2D eigenvalue weighted by Crippen LogP contribution is -2.54. The number of benzene rings is 3. The number of piperidine rings is 1. The second-order valence-corrected chi connectivity index (χ2v) is 10.3. The topological polar surface area (TPSA) is 54.0 Å². The molecule has 0 aromatic heterocycles. The van der Waals surface area contributed by atoms with Gasteiger partial charge < -0.3 is 14.8 Å². The van der Waals surface area contributed by atoms with E-state index in [0.29, 0.717) is 24.9 Å². The first-order valence-electron chi connectivity index (χ1n) is 13.6. The van der Waals surface area contributed by atoms with Gasteiger partial charge in [0.25, 0.3) is 0 Å². The first-order valence-corrected chi connectivity index (χ1v) is 13.6. The number of carbonyl (C=O) groups is 1. The molecule has 6 heteroatoms. The van der Waals surface area contributed by atoms with E-state index in [1.165, 1.54) is 16.3 Å². The molecule has 196 valence electrons. The van der Waals surface area contributed by atoms with Gasteiger partial charge in [-0.15, -0.1) is 0 Å². The molecule has 1 amide bonds. The summed E-state index contributed by atoms with van der Waals surface area (Å²) < 4.78 is 11.1. The lowest BCUT2D eigenvalue weighted by molar-refractivity contribution is -0.121. The zero-order chi connectivity index (χ0) is 25.5. The highest BCUT2D eigenvalue weighted by molar-refractivity contribution is 5.83. The van der Waals surface area contributed by atoms with Crippen molar-refractivity contribution in [1.82, 2.24) is 15.1 Å². The Balaban J connectivity index is 1.21. The third kappa shape index (κ3) is 6.69. The molecule has 1 N–H and O–H groups in total. The van der Waals surface area contributed by atoms with Crippen LogP contribution in [0.2, 0.25) is 0 Å². The van der Waals surface area contributed by atoms with Gasteiger partial charge >= 0.3 is 0 Å². The summed E-state index contributed by atoms with van der Waals surface area (Å²) in [6.07, 6.45) is 2.58. The number of fused-ring (bicyclic) bond motifs is 1. The van der Waals surface area contributed by atoms with E-state index in [1.807, 2.05) is 24.3 Å². The number of ether oxygens (including phenoxy) is 2. The summed E-state index contributed by atoms with van der Waals surface area (Å²) in [4.78, 5) is 18.0. The van der Waals surface area contributed by atoms with E-state index in [0.717, 1.165) is 70.1 Å². The average Bonchev–Trinajstić information content (AvgIpc) is 2.95. The Morgan fingerprint density at radius 3 is 2.62 bits per heavy atom. The molecule has 0 aliphatic carbocycles. The summed E-state index contributed by atoms with van der Waals surface area (Å²) in [6.45, 7) is 7.16. The molecule has 6 nitrogen and oxygen atoms in total. The quantitative estimate of drug-likeness (QED) is 0.469. The van der Waals surface area contributed by atoms with Crippen LogP contribution >= 0.6 is 0 Å². The number of nitrogens with one attached hydrogen (secondary N) is 1. The standard InChI is InChI=1S/C31H39N3O3/c1-36-30-9-5-4-8-27(30)21-32-31(35)13-12-28-23-33(15-14-29(28)34-16-18-37-19-17-34)22-24-10-11-25-6-2-3-7-26(25)20-24/h2-11,20,28-29H,12-19,21-23H2,1H3,(H,32,35)/t28-,29+/m0/s1. The molecule has 2 fully saturated rings. The molecule has 2 aliphatic heterocycles. The molecule has 0 spiro atoms. The van der Waals surface area contributed by atoms with E-state index in [2.05, 4.69) is 57.6 Å². The Morgan fingerprint density at radius 2 is 1.78 bits per heavy atom. The van der Waals surface area contributed by atoms with E-state index in [1.54, 1.807) is 7.11 Å². The Morgan fingerprint density at radius 1 is 1.00 bits per heavy atom. The summed E-state index contributed by atoms with van der Waals surface area (Å²) in [7, 11) is 1.67. The van der Waals surface area contributed by atoms with E-state index in [9.17, 15) is 4.79 Å². The maximum atomic E-state index is 12.8. The van der Waals surface area contributed by atoms with Crippen LogP contribution in [0, 0.1) is 5.92 Å². The molecule has 0 bridgehead atoms. The van der Waals surface area contributed by atoms with Crippen molar-refractivity contribution < 1.29 is 14.3 Å². The van der Waals surface area contributed by atoms with Crippen molar-refractivity contribution in [3.8, 4) is 5.75 Å². The Labute approximate surface area is 220 Å². The van der Waals surface area contributed by atoms with Crippen LogP contribution in [0.1, 0.15) is 30.4 Å². The highest BCUT2D eigenvalue weighted by Gasteiger charge is 2.34. The number of amides is 1. The van der Waals surface area contributed by atoms with Crippen LogP contribution in [-0.4, -0.2) is 68.3 Å². The summed E-state index contributed by atoms with van der Waals surface area (Å²) in [5, 5.41) is 5.69. The van der Waals surface area contributed by atoms with Gasteiger partial charge in [-0.05, 0) is 53.8 Å². The van der Waals surface area contributed by atoms with Crippen molar-refractivity contribution in [2.75, 3.05) is 46.5 Å². The van der Waals surface area contributed by atoms with Gasteiger partial charge in [0, 0.05) is 50.7 Å². The summed E-state index contributed by atoms with van der Waals surface area (Å²) in [5.41, 5.74) is 2.36. The molecule has 0 radical (unpaired) electrons. The monoisotopic (exact) mass is 501 g/mol. The average molecular weight is 502 g/mol. The fourth-order valence-electron chi connectivity index (χ4n) is 5.96. The third-order valence-corrected chi connectivity index (χ3v) is 7.92. The van der Waals surface area contributed by atoms with E-state index in [-0.39, 0.29) is 5.91 Å². The minimum Gasteiger partial charge on any atom is -0.496 e. The number of hydrogen-bond donors (Lipinski definition) is 1. The maximum absolute atomic E-state index is 12.8. The van der Waals surface area contributed by atoms with Gasteiger partial charge in [-0.3, -0.25) is 14.6 Å². The van der Waals surface area contributed by atoms with Crippen LogP contribution in [-0.2, 0) is 22.6 Å². The lowest BCUT2D eigenvalue weighted by Gasteiger charge is -2.45. The number of para-hydroxylation sites is 1. The Kier molecular flexibility index (Phi) is 8.72. The van der Waals surface area contributed by atoms with Gasteiger partial charge in [-0.2, -0.15) is 0 Å². The van der Waals surface area contributed by atoms with Crippen molar-refractivity contribution in [1.29, 1.82) is 0 Å². The van der Waals surface area contributed by atoms with Crippen LogP contribution in [0.3, 0.4) is 0 Å². The minimum absolute atomic E-state index is 0.110. The summed E-state index contributed by atoms with van der Waals surface area (Å²) in [5.74, 6) is 1.38. The highest BCUT2D eigenvalue weighted by Crippen LogP contribution is 2.28. The van der Waals surface area contributed by atoms with Crippen LogP contribution < -0.4 is 10.1 Å². The molecule has 5 rings (SSSR count). The van der Waals surface area contributed by atoms with Crippen molar-refractivity contribution in [2.24, 2.45) is 5.92 Å². The van der Waals surface area contributed by atoms with Gasteiger partial charge in [0.15, 0.2) is 0 Å². The largest absolute Gasteiger partial charge is 0.496 e. The van der Waals surface area contributed by atoms with Crippen LogP contribution in [0.15, 0.2) is 66.7 Å². The van der Waals surface area contributed by atoms with E-state index >= 15 is 0 Å². The fraction of sp³-hybridized carbons (Fsp3) is 0.452. The number of likely N-dealkylation sites (tertiary alicyclic amines) is 1. The first-order chi connectivity index (χ1) is 18.2. The summed E-state index contributed by atoms with van der Waals surface area (Å²) in [6, 6.07) is 23.7. The molecule has 2 atom stereocenters. The number of nitrogens with zero attached hydrogens (tertiary/aromatic N) is 2. The third-order valence-electron chi connectivity index (χ3n) is 7.92. The lowest BCUT2D eigenvalue weighted by atomic mass is 9.86. The van der Waals surface area contributed by atoms with E-state index in [4.69, 9.17) is 9.47 Å². The van der Waals surface area contributed by atoms with Gasteiger partial charge in [-0.1, -0.05) is 54.6 Å². The number of hydrogen-bond acceptors (Lipinski definition) is 5. The SMILES string of the molecule is COc1ccccc1CNC(=O)CC[C@H]1CN(Cc2ccc3ccccc3c2)CC[C@H]1N1CCOCC1. The zero-order valence-corrected chi connectivity index (χ0v) is 21.9. The predicted octanol–water partition coefficient (Wildman–Crippen LogP) is 4.47. The fourth-order valence-corrected chi connectivity index (χ4v) is 5.96. The van der Waals surface area contributed by atoms with Crippen molar-refractivity contribution in [3.63, 3.8) is 0 Å². The molecule has 0 saturated carbocycles. The number of carbonyl (C=O) groups excluding carboxylic acids is 1. The minimum atomic E-state index is 0.110. The number of rotatable bonds is 9.